The fourth-order valence-corrected chi connectivity index (χ4v) is 3.42. The normalized spacial score (nSPS) is 13.2. The molecular formula is C20H19N5O3. The molecule has 0 saturated heterocycles. The Morgan fingerprint density at radius 3 is 2.93 bits per heavy atom. The van der Waals surface area contributed by atoms with Crippen molar-refractivity contribution in [3.63, 3.8) is 0 Å². The van der Waals surface area contributed by atoms with E-state index in [1.165, 1.54) is 12.4 Å². The number of aryl methyl sites for hydroxylation is 1. The van der Waals surface area contributed by atoms with Crippen LogP contribution < -0.4 is 0 Å². The molecule has 142 valence electrons. The summed E-state index contributed by atoms with van der Waals surface area (Å²) in [5.41, 5.74) is 4.68. The second-order valence-corrected chi connectivity index (χ2v) is 6.63. The summed E-state index contributed by atoms with van der Waals surface area (Å²) < 4.78 is 0. The molecule has 0 atom stereocenters. The Bertz CT molecular complexity index is 1050. The number of carboxylic acids is 1. The van der Waals surface area contributed by atoms with Crippen LogP contribution in [0.25, 0.3) is 11.3 Å². The number of aromatic nitrogens is 4. The van der Waals surface area contributed by atoms with Gasteiger partial charge in [0.05, 0.1) is 23.8 Å². The molecular weight excluding hydrogens is 358 g/mol. The van der Waals surface area contributed by atoms with E-state index < -0.39 is 5.97 Å². The van der Waals surface area contributed by atoms with Gasteiger partial charge in [-0.1, -0.05) is 19.1 Å². The fourth-order valence-electron chi connectivity index (χ4n) is 3.42. The minimum Gasteiger partial charge on any atom is -0.476 e. The highest BCUT2D eigenvalue weighted by Gasteiger charge is 2.25. The number of benzene rings is 1. The van der Waals surface area contributed by atoms with Crippen molar-refractivity contribution >= 4 is 11.9 Å². The molecule has 0 saturated carbocycles. The molecule has 2 aromatic heterocycles. The van der Waals surface area contributed by atoms with E-state index in [9.17, 15) is 9.59 Å². The van der Waals surface area contributed by atoms with Gasteiger partial charge in [0.15, 0.2) is 5.69 Å². The monoisotopic (exact) mass is 377 g/mol. The van der Waals surface area contributed by atoms with Gasteiger partial charge in [0.2, 0.25) is 0 Å². The number of aromatic carboxylic acids is 1. The van der Waals surface area contributed by atoms with Crippen molar-refractivity contribution in [1.82, 2.24) is 25.1 Å². The van der Waals surface area contributed by atoms with Crippen molar-refractivity contribution in [2.45, 2.75) is 26.3 Å². The first kappa shape index (κ1) is 17.8. The summed E-state index contributed by atoms with van der Waals surface area (Å²) in [6.45, 7) is 3.20. The van der Waals surface area contributed by atoms with E-state index in [1.807, 2.05) is 11.8 Å². The predicted octanol–water partition coefficient (Wildman–Crippen LogP) is 2.33. The minimum absolute atomic E-state index is 0.0712. The van der Waals surface area contributed by atoms with Crippen LogP contribution in [0.1, 0.15) is 44.7 Å². The summed E-state index contributed by atoms with van der Waals surface area (Å²) in [6, 6.07) is 7.03. The number of fused-ring (bicyclic) bond motifs is 1. The molecule has 28 heavy (non-hydrogen) atoms. The summed E-state index contributed by atoms with van der Waals surface area (Å²) in [5.74, 6) is -1.21. The van der Waals surface area contributed by atoms with Gasteiger partial charge in [0.25, 0.3) is 5.91 Å². The van der Waals surface area contributed by atoms with Crippen LogP contribution in [0.5, 0.6) is 0 Å². The van der Waals surface area contributed by atoms with Crippen molar-refractivity contribution in [1.29, 1.82) is 0 Å². The second kappa shape index (κ2) is 7.22. The molecule has 1 amide bonds. The molecule has 1 aromatic carbocycles. The number of nitrogens with one attached hydrogen (secondary N) is 1. The van der Waals surface area contributed by atoms with Crippen LogP contribution in [0.15, 0.2) is 36.7 Å². The maximum atomic E-state index is 13.1. The topological polar surface area (TPSA) is 112 Å². The van der Waals surface area contributed by atoms with E-state index >= 15 is 0 Å². The van der Waals surface area contributed by atoms with Gasteiger partial charge < -0.3 is 10.0 Å². The third-order valence-corrected chi connectivity index (χ3v) is 4.90. The summed E-state index contributed by atoms with van der Waals surface area (Å²) >= 11 is 0. The lowest BCUT2D eigenvalue weighted by Crippen LogP contribution is -2.36. The van der Waals surface area contributed by atoms with Crippen LogP contribution in [0, 0.1) is 0 Å². The minimum atomic E-state index is -1.14. The van der Waals surface area contributed by atoms with E-state index in [2.05, 4.69) is 20.2 Å². The number of carbonyl (C=O) groups excluding carboxylic acids is 1. The number of amides is 1. The third-order valence-electron chi connectivity index (χ3n) is 4.90. The smallest absolute Gasteiger partial charge is 0.356 e. The number of nitrogens with zero attached hydrogens (tertiary/aromatic N) is 4. The number of H-pyrrole nitrogens is 1. The number of hydrogen-bond donors (Lipinski definition) is 2. The molecule has 1 aliphatic heterocycles. The maximum absolute atomic E-state index is 13.1. The number of aromatic amines is 1. The first-order chi connectivity index (χ1) is 13.6. The quantitative estimate of drug-likeness (QED) is 0.722. The van der Waals surface area contributed by atoms with Gasteiger partial charge in [-0.2, -0.15) is 5.10 Å². The zero-order valence-corrected chi connectivity index (χ0v) is 15.3. The van der Waals surface area contributed by atoms with Crippen molar-refractivity contribution in [2.75, 3.05) is 6.54 Å². The number of hydrogen-bond acceptors (Lipinski definition) is 5. The van der Waals surface area contributed by atoms with Crippen molar-refractivity contribution in [2.24, 2.45) is 0 Å². The van der Waals surface area contributed by atoms with Crippen molar-refractivity contribution in [3.05, 3.63) is 64.9 Å². The van der Waals surface area contributed by atoms with E-state index in [0.717, 1.165) is 29.8 Å². The maximum Gasteiger partial charge on any atom is 0.356 e. The van der Waals surface area contributed by atoms with Crippen LogP contribution in [0.4, 0.5) is 0 Å². The second-order valence-electron chi connectivity index (χ2n) is 6.63. The highest BCUT2D eigenvalue weighted by Crippen LogP contribution is 2.24. The summed E-state index contributed by atoms with van der Waals surface area (Å²) in [7, 11) is 0. The van der Waals surface area contributed by atoms with E-state index in [1.54, 1.807) is 24.3 Å². The SMILES string of the molecule is CCc1n[nH]c2c1CN(C(=O)c1cccc(-c3cncc(C(=O)O)n3)c1)CC2. The molecule has 0 fully saturated rings. The zero-order valence-electron chi connectivity index (χ0n) is 15.3. The Labute approximate surface area is 161 Å². The third kappa shape index (κ3) is 3.24. The van der Waals surface area contributed by atoms with Gasteiger partial charge in [-0.15, -0.1) is 0 Å². The molecule has 3 aromatic rings. The first-order valence-electron chi connectivity index (χ1n) is 9.07. The summed E-state index contributed by atoms with van der Waals surface area (Å²) in [6.07, 6.45) is 4.26. The lowest BCUT2D eigenvalue weighted by molar-refractivity contribution is 0.0688. The molecule has 4 rings (SSSR count). The van der Waals surface area contributed by atoms with Crippen LogP contribution in [0.2, 0.25) is 0 Å². The van der Waals surface area contributed by atoms with Crippen LogP contribution >= 0.6 is 0 Å². The van der Waals surface area contributed by atoms with Gasteiger partial charge in [-0.05, 0) is 18.6 Å². The van der Waals surface area contributed by atoms with E-state index in [0.29, 0.717) is 29.9 Å². The molecule has 3 heterocycles. The highest BCUT2D eigenvalue weighted by molar-refractivity contribution is 5.95. The van der Waals surface area contributed by atoms with E-state index in [4.69, 9.17) is 5.11 Å². The molecule has 0 aliphatic carbocycles. The molecule has 0 unspecified atom stereocenters. The van der Waals surface area contributed by atoms with E-state index in [-0.39, 0.29) is 11.6 Å². The van der Waals surface area contributed by atoms with Gasteiger partial charge >= 0.3 is 5.97 Å². The lowest BCUT2D eigenvalue weighted by Gasteiger charge is -2.27. The zero-order chi connectivity index (χ0) is 19.7. The average Bonchev–Trinajstić information content (AvgIpc) is 3.15. The van der Waals surface area contributed by atoms with Crippen molar-refractivity contribution < 1.29 is 14.7 Å². The summed E-state index contributed by atoms with van der Waals surface area (Å²) in [4.78, 5) is 34.0. The highest BCUT2D eigenvalue weighted by atomic mass is 16.4. The number of carboxylic acid groups (broad SMARTS) is 1. The Balaban J connectivity index is 1.60. The molecule has 2 N–H and O–H groups in total. The fraction of sp³-hybridized carbons (Fsp3) is 0.250. The standard InChI is InChI=1S/C20H19N5O3/c1-2-15-14-11-25(7-6-16(14)24-23-15)19(26)13-5-3-4-12(8-13)17-9-21-10-18(22-17)20(27)28/h3-5,8-10H,2,6-7,11H2,1H3,(H,23,24)(H,27,28). The van der Waals surface area contributed by atoms with Crippen LogP contribution in [-0.4, -0.2) is 48.6 Å². The van der Waals surface area contributed by atoms with Crippen molar-refractivity contribution in [3.8, 4) is 11.3 Å². The first-order valence-corrected chi connectivity index (χ1v) is 9.07. The Morgan fingerprint density at radius 2 is 2.14 bits per heavy atom. The largest absolute Gasteiger partial charge is 0.476 e. The van der Waals surface area contributed by atoms with Crippen LogP contribution in [-0.2, 0) is 19.4 Å². The van der Waals surface area contributed by atoms with Gasteiger partial charge in [-0.3, -0.25) is 14.9 Å². The molecule has 8 heteroatoms. The Hall–Kier alpha value is -3.55. The Morgan fingerprint density at radius 1 is 1.29 bits per heavy atom. The lowest BCUT2D eigenvalue weighted by atomic mass is 10.0. The number of carbonyl (C=O) groups is 2. The van der Waals surface area contributed by atoms with Crippen LogP contribution in [0.3, 0.4) is 0 Å². The average molecular weight is 377 g/mol. The van der Waals surface area contributed by atoms with Gasteiger partial charge in [-0.25, -0.2) is 9.78 Å². The molecule has 0 bridgehead atoms. The molecule has 0 spiro atoms. The Kier molecular flexibility index (Phi) is 4.60. The molecule has 0 radical (unpaired) electrons. The number of rotatable bonds is 4. The molecule has 8 nitrogen and oxygen atoms in total. The molecule has 1 aliphatic rings. The van der Waals surface area contributed by atoms with Gasteiger partial charge in [0.1, 0.15) is 0 Å². The summed E-state index contributed by atoms with van der Waals surface area (Å²) in [5, 5.41) is 16.5. The predicted molar refractivity (Wildman–Crippen MR) is 101 cm³/mol. The van der Waals surface area contributed by atoms with Gasteiger partial charge in [0, 0.05) is 41.9 Å².